The number of rotatable bonds is 19. The number of ether oxygens (including phenoxy) is 1. The summed E-state index contributed by atoms with van der Waals surface area (Å²) in [6.45, 7) is 4.40. The number of nitrogens with one attached hydrogen (secondary N) is 1. The van der Waals surface area contributed by atoms with E-state index in [-0.39, 0.29) is 6.09 Å². The van der Waals surface area contributed by atoms with E-state index in [2.05, 4.69) is 41.8 Å². The van der Waals surface area contributed by atoms with Gasteiger partial charge in [-0.3, -0.25) is 0 Å². The highest BCUT2D eigenvalue weighted by Gasteiger charge is 2.46. The van der Waals surface area contributed by atoms with Crippen LogP contribution < -0.4 is 9.88 Å². The summed E-state index contributed by atoms with van der Waals surface area (Å²) in [6.07, 6.45) is 18.1. The maximum Gasteiger partial charge on any atom is 0.480 e. The molecule has 0 fully saturated rings. The Morgan fingerprint density at radius 1 is 0.886 bits per heavy atom. The summed E-state index contributed by atoms with van der Waals surface area (Å²) in [7, 11) is -13.4. The summed E-state index contributed by atoms with van der Waals surface area (Å²) in [5.74, 6) is 0. The molecule has 0 aliphatic heterocycles. The Kier molecular flexibility index (Phi) is 19.7. The SMILES string of the molecule is CCCCCCCCc1cc[n+](CCOC(=O)NCCCCCCN=C=O)cc1.O=S(=O)([N-]S(=O)(=O)C(F)(F)F)C(F)(F)F. The molecule has 19 heteroatoms. The number of unbranched alkanes of at least 4 members (excludes halogenated alkanes) is 8. The predicted octanol–water partition coefficient (Wildman–Crippen LogP) is 5.56. The highest BCUT2D eigenvalue weighted by molar-refractivity contribution is 8.13. The van der Waals surface area contributed by atoms with Gasteiger partial charge in [-0.1, -0.05) is 51.9 Å². The van der Waals surface area contributed by atoms with E-state index in [0.29, 0.717) is 26.2 Å². The van der Waals surface area contributed by atoms with Crippen molar-refractivity contribution in [3.05, 3.63) is 34.2 Å². The minimum atomic E-state index is -6.72. The number of amides is 1. The van der Waals surface area contributed by atoms with Crippen LogP contribution >= 0.6 is 0 Å². The Labute approximate surface area is 253 Å². The van der Waals surface area contributed by atoms with Gasteiger partial charge in [0.05, 0.1) is 6.54 Å². The molecule has 0 atom stereocenters. The lowest BCUT2D eigenvalue weighted by molar-refractivity contribution is -0.697. The first-order valence-corrected chi connectivity index (χ1v) is 16.6. The van der Waals surface area contributed by atoms with Gasteiger partial charge in [0.25, 0.3) is 0 Å². The molecule has 1 rings (SSSR count). The molecule has 11 nitrogen and oxygen atoms in total. The number of halogens is 6. The van der Waals surface area contributed by atoms with Gasteiger partial charge >= 0.3 is 17.1 Å². The predicted molar refractivity (Wildman–Crippen MR) is 148 cm³/mol. The summed E-state index contributed by atoms with van der Waals surface area (Å²) < 4.78 is 116. The fourth-order valence-electron chi connectivity index (χ4n) is 3.33. The minimum absolute atomic E-state index is 0.358. The van der Waals surface area contributed by atoms with Gasteiger partial charge in [0.1, 0.15) is 0 Å². The second-order valence-electron chi connectivity index (χ2n) is 9.33. The zero-order chi connectivity index (χ0) is 33.7. The van der Waals surface area contributed by atoms with Gasteiger partial charge in [0, 0.05) is 18.7 Å². The first kappa shape index (κ1) is 41.2. The molecule has 1 heterocycles. The van der Waals surface area contributed by atoms with E-state index >= 15 is 0 Å². The zero-order valence-corrected chi connectivity index (χ0v) is 25.8. The number of nitrogens with zero attached hydrogens (tertiary/aromatic N) is 3. The van der Waals surface area contributed by atoms with Crippen molar-refractivity contribution in [3.63, 3.8) is 0 Å². The number of alkyl carbamates (subject to hydrolysis) is 1. The number of sulfonamides is 2. The van der Waals surface area contributed by atoms with Crippen molar-refractivity contribution in [3.8, 4) is 0 Å². The molecular formula is C25H38F6N4O7S2. The van der Waals surface area contributed by atoms with Crippen molar-refractivity contribution in [2.45, 2.75) is 95.1 Å². The first-order valence-electron chi connectivity index (χ1n) is 13.8. The van der Waals surface area contributed by atoms with Gasteiger partial charge in [-0.2, -0.15) is 26.3 Å². The van der Waals surface area contributed by atoms with E-state index in [9.17, 15) is 52.8 Å². The summed E-state index contributed by atoms with van der Waals surface area (Å²) in [6, 6.07) is 4.32. The fraction of sp³-hybridized carbons (Fsp3) is 0.720. The number of carbonyl (C=O) groups excluding carboxylic acids is 2. The average molecular weight is 685 g/mol. The van der Waals surface area contributed by atoms with Crippen molar-refractivity contribution in [1.29, 1.82) is 0 Å². The smallest absolute Gasteiger partial charge is 0.443 e. The second kappa shape index (κ2) is 21.1. The number of aryl methyl sites for hydroxylation is 1. The molecule has 1 N–H and O–H groups in total. The van der Waals surface area contributed by atoms with Gasteiger partial charge < -0.3 is 14.2 Å². The molecule has 1 aromatic heterocycles. The van der Waals surface area contributed by atoms with Crippen LogP contribution in [0.1, 0.15) is 76.7 Å². The Hall–Kier alpha value is -2.76. The molecule has 44 heavy (non-hydrogen) atoms. The number of aliphatic imine (C=N–C) groups is 1. The molecule has 0 aromatic carbocycles. The Balaban J connectivity index is 0.00000104. The highest BCUT2D eigenvalue weighted by atomic mass is 32.3. The van der Waals surface area contributed by atoms with Crippen molar-refractivity contribution >= 4 is 32.2 Å². The lowest BCUT2D eigenvalue weighted by Gasteiger charge is -2.22. The van der Waals surface area contributed by atoms with E-state index in [1.807, 2.05) is 4.57 Å². The molecule has 1 amide bonds. The van der Waals surface area contributed by atoms with Crippen LogP contribution in [0.4, 0.5) is 31.1 Å². The largest absolute Gasteiger partial charge is 0.480 e. The molecule has 0 radical (unpaired) electrons. The van der Waals surface area contributed by atoms with Gasteiger partial charge in [-0.25, -0.2) is 36.0 Å². The average Bonchev–Trinajstić information content (AvgIpc) is 2.91. The monoisotopic (exact) mass is 684 g/mol. The van der Waals surface area contributed by atoms with Crippen LogP contribution in [0.2, 0.25) is 0 Å². The quantitative estimate of drug-likeness (QED) is 0.0658. The van der Waals surface area contributed by atoms with E-state index in [1.165, 1.54) is 50.2 Å². The fourth-order valence-corrected chi connectivity index (χ4v) is 5.04. The maximum absolute atomic E-state index is 11.7. The first-order chi connectivity index (χ1) is 20.5. The Bertz CT molecular complexity index is 1180. The lowest BCUT2D eigenvalue weighted by atomic mass is 10.1. The van der Waals surface area contributed by atoms with Crippen molar-refractivity contribution in [1.82, 2.24) is 5.32 Å². The van der Waals surface area contributed by atoms with Crippen LogP contribution in [0.25, 0.3) is 4.13 Å². The van der Waals surface area contributed by atoms with Crippen LogP contribution in [-0.4, -0.2) is 59.7 Å². The second-order valence-corrected chi connectivity index (χ2v) is 12.8. The molecule has 0 saturated carbocycles. The number of alkyl halides is 6. The van der Waals surface area contributed by atoms with Crippen molar-refractivity contribution in [2.75, 3.05) is 19.7 Å². The number of hydrogen-bond donors (Lipinski definition) is 1. The number of isocyanates is 1. The molecule has 0 aliphatic rings. The van der Waals surface area contributed by atoms with Gasteiger partial charge in [-0.05, 0) is 31.2 Å². The molecule has 254 valence electrons. The molecule has 0 spiro atoms. The molecule has 0 aliphatic carbocycles. The van der Waals surface area contributed by atoms with Crippen LogP contribution in [-0.2, 0) is 42.5 Å². The Morgan fingerprint density at radius 2 is 1.41 bits per heavy atom. The van der Waals surface area contributed by atoms with Crippen LogP contribution in [0.3, 0.4) is 0 Å². The number of hydrogen-bond acceptors (Lipinski definition) is 8. The van der Waals surface area contributed by atoms with Gasteiger partial charge in [-0.15, -0.1) is 0 Å². The topological polar surface area (TPSA) is 154 Å². The summed E-state index contributed by atoms with van der Waals surface area (Å²) >= 11 is 0. The third-order valence-electron chi connectivity index (χ3n) is 5.67. The zero-order valence-electron chi connectivity index (χ0n) is 24.2. The number of pyridine rings is 1. The third-order valence-corrected chi connectivity index (χ3v) is 8.41. The summed E-state index contributed by atoms with van der Waals surface area (Å²) in [4.78, 5) is 25.1. The van der Waals surface area contributed by atoms with Crippen LogP contribution in [0.5, 0.6) is 0 Å². The summed E-state index contributed by atoms with van der Waals surface area (Å²) in [5, 5.41) is 2.77. The Morgan fingerprint density at radius 3 is 1.95 bits per heavy atom. The van der Waals surface area contributed by atoms with Crippen molar-refractivity contribution in [2.24, 2.45) is 4.99 Å². The summed E-state index contributed by atoms with van der Waals surface area (Å²) in [5.41, 5.74) is -11.0. The van der Waals surface area contributed by atoms with Crippen LogP contribution in [0.15, 0.2) is 29.5 Å². The van der Waals surface area contributed by atoms with Crippen LogP contribution in [0, 0.1) is 0 Å². The van der Waals surface area contributed by atoms with E-state index in [1.54, 1.807) is 0 Å². The molecule has 1 aromatic rings. The molecule has 0 saturated heterocycles. The van der Waals surface area contributed by atoms with Crippen molar-refractivity contribution < 1.29 is 62.1 Å². The van der Waals surface area contributed by atoms with Gasteiger partial charge in [0.2, 0.25) is 6.08 Å². The lowest BCUT2D eigenvalue weighted by Crippen LogP contribution is -2.37. The minimum Gasteiger partial charge on any atom is -0.443 e. The number of aromatic nitrogens is 1. The molecule has 0 bridgehead atoms. The third kappa shape index (κ3) is 18.8. The number of carbonyl (C=O) groups is 1. The van der Waals surface area contributed by atoms with E-state index in [4.69, 9.17) is 4.74 Å². The molecule has 0 unspecified atom stereocenters. The molecular weight excluding hydrogens is 646 g/mol. The normalized spacial score (nSPS) is 12.1. The standard InChI is InChI=1S/C23H37N3O3.C2F6NO4S2/c1-2-3-4-5-6-9-12-22-13-17-26(18-14-22)19-20-29-23(28)25-16-11-8-7-10-15-24-21-27;3-1(4,5)14(10,11)9-15(12,13)2(6,7)8/h13-14,17-18H,2-12,15-16,19-20H2,1H3;/q;-1/p+1. The maximum atomic E-state index is 11.7. The van der Waals surface area contributed by atoms with E-state index < -0.39 is 31.1 Å². The van der Waals surface area contributed by atoms with E-state index in [0.717, 1.165) is 36.2 Å². The highest BCUT2D eigenvalue weighted by Crippen LogP contribution is 2.36. The van der Waals surface area contributed by atoms with Gasteiger partial charge in [0.15, 0.2) is 45.6 Å².